The van der Waals surface area contributed by atoms with Gasteiger partial charge in [-0.25, -0.2) is 8.93 Å². The monoisotopic (exact) mass is 345 g/mol. The summed E-state index contributed by atoms with van der Waals surface area (Å²) in [6, 6.07) is 19.1. The van der Waals surface area contributed by atoms with Gasteiger partial charge in [-0.15, -0.1) is 0 Å². The van der Waals surface area contributed by atoms with Crippen molar-refractivity contribution >= 4 is 33.4 Å². The van der Waals surface area contributed by atoms with Crippen LogP contribution in [0.25, 0.3) is 10.8 Å². The summed E-state index contributed by atoms with van der Waals surface area (Å²) in [6.07, 6.45) is 0. The van der Waals surface area contributed by atoms with E-state index in [9.17, 15) is 4.21 Å². The molecule has 0 saturated carbocycles. The topological polar surface area (TPSA) is 38.3 Å². The number of fused-ring (bicyclic) bond motifs is 1. The van der Waals surface area contributed by atoms with Crippen LogP contribution in [0.2, 0.25) is 5.02 Å². The molecule has 5 heteroatoms. The first kappa shape index (κ1) is 16.0. The first-order chi connectivity index (χ1) is 11.2. The third kappa shape index (κ3) is 3.55. The van der Waals surface area contributed by atoms with Crippen LogP contribution in [0.4, 0.5) is 0 Å². The largest absolute Gasteiger partial charge is 0.495 e. The quantitative estimate of drug-likeness (QED) is 0.748. The van der Waals surface area contributed by atoms with Gasteiger partial charge in [0.1, 0.15) is 21.6 Å². The van der Waals surface area contributed by atoms with Crippen molar-refractivity contribution in [2.45, 2.75) is 11.4 Å². The average molecular weight is 346 g/mol. The van der Waals surface area contributed by atoms with Crippen molar-refractivity contribution < 1.29 is 8.95 Å². The molecule has 118 valence electrons. The normalized spacial score (nSPS) is 12.3. The van der Waals surface area contributed by atoms with Gasteiger partial charge < -0.3 is 4.74 Å². The molecule has 0 amide bonds. The summed E-state index contributed by atoms with van der Waals surface area (Å²) in [5, 5.41) is 2.64. The molecule has 0 aromatic heterocycles. The van der Waals surface area contributed by atoms with Crippen LogP contribution in [0.15, 0.2) is 65.6 Å². The fraction of sp³-hybridized carbons (Fsp3) is 0.111. The van der Waals surface area contributed by atoms with E-state index in [1.807, 2.05) is 60.7 Å². The lowest BCUT2D eigenvalue weighted by Gasteiger charge is -2.12. The molecule has 3 rings (SSSR count). The van der Waals surface area contributed by atoms with Crippen LogP contribution in [0.1, 0.15) is 5.56 Å². The third-order valence-corrected chi connectivity index (χ3v) is 5.02. The van der Waals surface area contributed by atoms with E-state index < -0.39 is 11.0 Å². The summed E-state index contributed by atoms with van der Waals surface area (Å²) in [7, 11) is 0.204. The molecular formula is C18H16ClNO2S. The zero-order chi connectivity index (χ0) is 16.2. The summed E-state index contributed by atoms with van der Waals surface area (Å²) in [6.45, 7) is 0.482. The SMILES string of the molecule is COc1ccc2ccccc2c1[S@](=O)NCc1ccc(Cl)cc1. The second-order valence-electron chi connectivity index (χ2n) is 5.03. The summed E-state index contributed by atoms with van der Waals surface area (Å²) in [5.74, 6) is 0.616. The molecule has 3 aromatic rings. The maximum Gasteiger partial charge on any atom is 0.137 e. The van der Waals surface area contributed by atoms with Crippen LogP contribution >= 0.6 is 11.6 Å². The number of nitrogens with one attached hydrogen (secondary N) is 1. The smallest absolute Gasteiger partial charge is 0.137 e. The highest BCUT2D eigenvalue weighted by Gasteiger charge is 2.14. The van der Waals surface area contributed by atoms with Crippen LogP contribution in [0.5, 0.6) is 5.75 Å². The number of hydrogen-bond donors (Lipinski definition) is 1. The number of ether oxygens (including phenoxy) is 1. The van der Waals surface area contributed by atoms with Gasteiger partial charge in [-0.1, -0.05) is 54.1 Å². The predicted octanol–water partition coefficient (Wildman–Crippen LogP) is 4.31. The van der Waals surface area contributed by atoms with Crippen LogP contribution in [0, 0.1) is 0 Å². The zero-order valence-corrected chi connectivity index (χ0v) is 14.2. The van der Waals surface area contributed by atoms with Gasteiger partial charge in [0.15, 0.2) is 0 Å². The second kappa shape index (κ2) is 7.13. The Labute approximate surface area is 142 Å². The number of benzene rings is 3. The molecule has 0 aliphatic rings. The Morgan fingerprint density at radius 1 is 1.04 bits per heavy atom. The molecule has 1 N–H and O–H groups in total. The van der Waals surface area contributed by atoms with Crippen molar-refractivity contribution in [3.8, 4) is 5.75 Å². The predicted molar refractivity (Wildman–Crippen MR) is 95.2 cm³/mol. The van der Waals surface area contributed by atoms with E-state index in [-0.39, 0.29) is 0 Å². The third-order valence-electron chi connectivity index (χ3n) is 3.57. The van der Waals surface area contributed by atoms with Crippen molar-refractivity contribution in [2.75, 3.05) is 7.11 Å². The van der Waals surface area contributed by atoms with Gasteiger partial charge in [0, 0.05) is 17.0 Å². The van der Waals surface area contributed by atoms with E-state index in [0.717, 1.165) is 16.3 Å². The molecule has 3 nitrogen and oxygen atoms in total. The van der Waals surface area contributed by atoms with Gasteiger partial charge in [-0.05, 0) is 29.1 Å². The van der Waals surface area contributed by atoms with Crippen LogP contribution in [-0.2, 0) is 17.5 Å². The summed E-state index contributed by atoms with van der Waals surface area (Å²) >= 11 is 5.88. The minimum atomic E-state index is -1.38. The van der Waals surface area contributed by atoms with E-state index in [1.54, 1.807) is 7.11 Å². The van der Waals surface area contributed by atoms with Gasteiger partial charge in [-0.2, -0.15) is 0 Å². The minimum absolute atomic E-state index is 0.482. The molecule has 0 aliphatic carbocycles. The van der Waals surface area contributed by atoms with Gasteiger partial charge in [0.05, 0.1) is 7.11 Å². The van der Waals surface area contributed by atoms with E-state index in [1.165, 1.54) is 0 Å². The Bertz CT molecular complexity index is 849. The number of methoxy groups -OCH3 is 1. The van der Waals surface area contributed by atoms with Crippen LogP contribution < -0.4 is 9.46 Å². The molecule has 0 unspecified atom stereocenters. The van der Waals surface area contributed by atoms with Crippen molar-refractivity contribution in [2.24, 2.45) is 0 Å². The van der Waals surface area contributed by atoms with Crippen molar-refractivity contribution in [3.05, 3.63) is 71.2 Å². The van der Waals surface area contributed by atoms with Gasteiger partial charge in [0.2, 0.25) is 0 Å². The summed E-state index contributed by atoms with van der Waals surface area (Å²) < 4.78 is 21.2. The molecule has 3 aromatic carbocycles. The maximum atomic E-state index is 12.8. The van der Waals surface area contributed by atoms with Crippen molar-refractivity contribution in [1.29, 1.82) is 0 Å². The van der Waals surface area contributed by atoms with Crippen molar-refractivity contribution in [3.63, 3.8) is 0 Å². The van der Waals surface area contributed by atoms with Crippen LogP contribution in [0.3, 0.4) is 0 Å². The minimum Gasteiger partial charge on any atom is -0.495 e. The maximum absolute atomic E-state index is 12.8. The van der Waals surface area contributed by atoms with Gasteiger partial charge in [-0.3, -0.25) is 0 Å². The molecule has 0 heterocycles. The molecule has 0 fully saturated rings. The fourth-order valence-electron chi connectivity index (χ4n) is 2.40. The fourth-order valence-corrected chi connectivity index (χ4v) is 3.69. The van der Waals surface area contributed by atoms with E-state index in [4.69, 9.17) is 16.3 Å². The lowest BCUT2D eigenvalue weighted by molar-refractivity contribution is 0.405. The Morgan fingerprint density at radius 2 is 1.78 bits per heavy atom. The van der Waals surface area contributed by atoms with Gasteiger partial charge in [0.25, 0.3) is 0 Å². The highest BCUT2D eigenvalue weighted by atomic mass is 35.5. The Kier molecular flexibility index (Phi) is 4.96. The first-order valence-electron chi connectivity index (χ1n) is 7.14. The highest BCUT2D eigenvalue weighted by molar-refractivity contribution is 7.83. The number of halogens is 1. The molecule has 0 aliphatic heterocycles. The molecule has 23 heavy (non-hydrogen) atoms. The van der Waals surface area contributed by atoms with Crippen LogP contribution in [-0.4, -0.2) is 11.3 Å². The Balaban J connectivity index is 1.89. The average Bonchev–Trinajstić information content (AvgIpc) is 2.60. The standard InChI is InChI=1S/C18H16ClNO2S/c1-22-17-11-8-14-4-2-3-5-16(14)18(17)23(21)20-12-13-6-9-15(19)10-7-13/h2-11,20H,12H2,1H3/t23-/m0/s1. The molecular weight excluding hydrogens is 330 g/mol. The first-order valence-corrected chi connectivity index (χ1v) is 8.67. The molecule has 0 spiro atoms. The second-order valence-corrected chi connectivity index (χ2v) is 6.71. The Hall–Kier alpha value is -1.88. The van der Waals surface area contributed by atoms with E-state index in [2.05, 4.69) is 4.72 Å². The molecule has 0 radical (unpaired) electrons. The molecule has 1 atom stereocenters. The zero-order valence-electron chi connectivity index (χ0n) is 12.6. The summed E-state index contributed by atoms with van der Waals surface area (Å²) in [4.78, 5) is 0.666. The number of rotatable bonds is 5. The van der Waals surface area contributed by atoms with Crippen molar-refractivity contribution in [1.82, 2.24) is 4.72 Å². The van der Waals surface area contributed by atoms with E-state index in [0.29, 0.717) is 22.2 Å². The lowest BCUT2D eigenvalue weighted by atomic mass is 10.1. The van der Waals surface area contributed by atoms with Gasteiger partial charge >= 0.3 is 0 Å². The highest BCUT2D eigenvalue weighted by Crippen LogP contribution is 2.30. The summed E-state index contributed by atoms with van der Waals surface area (Å²) in [5.41, 5.74) is 1.02. The number of hydrogen-bond acceptors (Lipinski definition) is 2. The molecule has 0 saturated heterocycles. The molecule has 0 bridgehead atoms. The van der Waals surface area contributed by atoms with E-state index >= 15 is 0 Å². The Morgan fingerprint density at radius 3 is 2.52 bits per heavy atom. The lowest BCUT2D eigenvalue weighted by Crippen LogP contribution is -2.17.